The van der Waals surface area contributed by atoms with E-state index in [1.165, 1.54) is 18.2 Å². The molecule has 2 aromatic carbocycles. The molecule has 0 saturated carbocycles. The van der Waals surface area contributed by atoms with Crippen molar-refractivity contribution >= 4 is 5.91 Å². The lowest BCUT2D eigenvalue weighted by Crippen LogP contribution is -2.31. The number of aromatic nitrogens is 2. The van der Waals surface area contributed by atoms with Gasteiger partial charge in [-0.05, 0) is 24.6 Å². The number of hydrogen-bond donors (Lipinski definition) is 2. The van der Waals surface area contributed by atoms with Crippen LogP contribution >= 0.6 is 0 Å². The van der Waals surface area contributed by atoms with E-state index >= 15 is 0 Å². The van der Waals surface area contributed by atoms with Gasteiger partial charge in [-0.25, -0.2) is 0 Å². The summed E-state index contributed by atoms with van der Waals surface area (Å²) in [6.07, 6.45) is -4.10. The highest BCUT2D eigenvalue weighted by Crippen LogP contribution is 2.30. The normalized spacial score (nSPS) is 12.4. The molecular weight excluding hydrogens is 415 g/mol. The molecular formula is C21H20F3N3O4. The van der Waals surface area contributed by atoms with Crippen molar-refractivity contribution in [3.63, 3.8) is 0 Å². The number of hydrogen-bond acceptors (Lipinski definition) is 6. The van der Waals surface area contributed by atoms with Gasteiger partial charge in [0.25, 0.3) is 0 Å². The molecule has 0 aliphatic carbocycles. The summed E-state index contributed by atoms with van der Waals surface area (Å²) >= 11 is 0. The van der Waals surface area contributed by atoms with Gasteiger partial charge in [0.15, 0.2) is 0 Å². The lowest BCUT2D eigenvalue weighted by Gasteiger charge is -2.20. The zero-order valence-corrected chi connectivity index (χ0v) is 16.3. The van der Waals surface area contributed by atoms with Crippen LogP contribution in [-0.2, 0) is 11.2 Å². The number of aliphatic hydroxyl groups excluding tert-OH is 1. The van der Waals surface area contributed by atoms with Crippen LogP contribution in [-0.4, -0.2) is 34.2 Å². The van der Waals surface area contributed by atoms with E-state index in [0.29, 0.717) is 24.6 Å². The number of aliphatic hydroxyl groups is 1. The predicted molar refractivity (Wildman–Crippen MR) is 104 cm³/mol. The molecule has 3 rings (SSSR count). The van der Waals surface area contributed by atoms with Gasteiger partial charge in [-0.2, -0.15) is 0 Å². The van der Waals surface area contributed by atoms with Gasteiger partial charge in [0, 0.05) is 24.0 Å². The number of alkyl halides is 3. The third kappa shape index (κ3) is 6.54. The van der Waals surface area contributed by atoms with Crippen LogP contribution in [0.15, 0.2) is 59.0 Å². The molecule has 3 aromatic rings. The summed E-state index contributed by atoms with van der Waals surface area (Å²) in [5, 5.41) is 20.0. The Morgan fingerprint density at radius 2 is 1.81 bits per heavy atom. The highest BCUT2D eigenvalue weighted by molar-refractivity contribution is 5.76. The second-order valence-electron chi connectivity index (χ2n) is 6.61. The lowest BCUT2D eigenvalue weighted by atomic mass is 10.1. The number of amides is 1. The highest BCUT2D eigenvalue weighted by Gasteiger charge is 2.33. The molecule has 0 aliphatic heterocycles. The van der Waals surface area contributed by atoms with E-state index in [4.69, 9.17) is 4.42 Å². The quantitative estimate of drug-likeness (QED) is 0.531. The summed E-state index contributed by atoms with van der Waals surface area (Å²) < 4.78 is 47.3. The fourth-order valence-corrected chi connectivity index (χ4v) is 2.93. The SMILES string of the molecule is O=C(CCCc1nnc(-c2ccccc2)o1)N[C@@H](CO)c1ccccc1OC(F)(F)F. The van der Waals surface area contributed by atoms with Gasteiger partial charge < -0.3 is 19.6 Å². The van der Waals surface area contributed by atoms with Gasteiger partial charge in [0.2, 0.25) is 17.7 Å². The first-order valence-electron chi connectivity index (χ1n) is 9.48. The maximum absolute atomic E-state index is 12.6. The number of aryl methyl sites for hydroxylation is 1. The zero-order chi connectivity index (χ0) is 22.3. The average Bonchev–Trinajstić information content (AvgIpc) is 3.21. The number of halogens is 3. The monoisotopic (exact) mass is 435 g/mol. The third-order valence-electron chi connectivity index (χ3n) is 4.32. The third-order valence-corrected chi connectivity index (χ3v) is 4.32. The van der Waals surface area contributed by atoms with Crippen molar-refractivity contribution in [3.8, 4) is 17.2 Å². The van der Waals surface area contributed by atoms with Crippen LogP contribution in [0.25, 0.3) is 11.5 Å². The molecule has 10 heteroatoms. The maximum Gasteiger partial charge on any atom is 0.573 e. The number of ether oxygens (including phenoxy) is 1. The number of benzene rings is 2. The second kappa shape index (κ2) is 10.1. The molecule has 31 heavy (non-hydrogen) atoms. The Balaban J connectivity index is 1.54. The van der Waals surface area contributed by atoms with Gasteiger partial charge in [-0.3, -0.25) is 4.79 Å². The summed E-state index contributed by atoms with van der Waals surface area (Å²) in [6, 6.07) is 13.5. The van der Waals surface area contributed by atoms with E-state index in [1.54, 1.807) is 0 Å². The first kappa shape index (κ1) is 22.3. The van der Waals surface area contributed by atoms with Crippen LogP contribution in [0.2, 0.25) is 0 Å². The molecule has 164 valence electrons. The van der Waals surface area contributed by atoms with Crippen molar-refractivity contribution in [2.45, 2.75) is 31.7 Å². The van der Waals surface area contributed by atoms with Crippen LogP contribution in [0.3, 0.4) is 0 Å². The topological polar surface area (TPSA) is 97.5 Å². The Morgan fingerprint density at radius 1 is 1.10 bits per heavy atom. The average molecular weight is 435 g/mol. The molecule has 7 nitrogen and oxygen atoms in total. The highest BCUT2D eigenvalue weighted by atomic mass is 19.4. The Kier molecular flexibility index (Phi) is 7.24. The molecule has 0 bridgehead atoms. The van der Waals surface area contributed by atoms with Crippen molar-refractivity contribution in [3.05, 3.63) is 66.1 Å². The van der Waals surface area contributed by atoms with Crippen LogP contribution < -0.4 is 10.1 Å². The van der Waals surface area contributed by atoms with E-state index in [9.17, 15) is 23.1 Å². The zero-order valence-electron chi connectivity index (χ0n) is 16.3. The standard InChI is InChI=1S/C21H20F3N3O4/c22-21(23,24)31-17-10-5-4-9-15(17)16(13-28)25-18(29)11-6-12-19-26-27-20(30-19)14-7-2-1-3-8-14/h1-5,7-10,16,28H,6,11-13H2,(H,25,29)/t16-/m0/s1. The molecule has 0 aliphatic rings. The molecule has 0 saturated heterocycles. The minimum atomic E-state index is -4.89. The largest absolute Gasteiger partial charge is 0.573 e. The molecule has 0 unspecified atom stereocenters. The number of nitrogens with one attached hydrogen (secondary N) is 1. The van der Waals surface area contributed by atoms with Gasteiger partial charge in [-0.1, -0.05) is 36.4 Å². The molecule has 1 amide bonds. The Bertz CT molecular complexity index is 993. The summed E-state index contributed by atoms with van der Waals surface area (Å²) in [7, 11) is 0. The van der Waals surface area contributed by atoms with Crippen molar-refractivity contribution in [1.82, 2.24) is 15.5 Å². The van der Waals surface area contributed by atoms with Gasteiger partial charge >= 0.3 is 6.36 Å². The first-order valence-corrected chi connectivity index (χ1v) is 9.48. The van der Waals surface area contributed by atoms with Crippen molar-refractivity contribution in [1.29, 1.82) is 0 Å². The predicted octanol–water partition coefficient (Wildman–Crippen LogP) is 3.81. The smallest absolute Gasteiger partial charge is 0.421 e. The summed E-state index contributed by atoms with van der Waals surface area (Å²) in [6.45, 7) is -0.589. The van der Waals surface area contributed by atoms with E-state index in [0.717, 1.165) is 11.6 Å². The van der Waals surface area contributed by atoms with Gasteiger partial charge in [0.05, 0.1) is 12.6 Å². The Labute approximate surface area is 175 Å². The minimum Gasteiger partial charge on any atom is -0.421 e. The molecule has 0 spiro atoms. The van der Waals surface area contributed by atoms with E-state index in [1.807, 2.05) is 30.3 Å². The first-order chi connectivity index (χ1) is 14.9. The van der Waals surface area contributed by atoms with Crippen molar-refractivity contribution < 1.29 is 32.2 Å². The van der Waals surface area contributed by atoms with Crippen LogP contribution in [0.4, 0.5) is 13.2 Å². The second-order valence-corrected chi connectivity index (χ2v) is 6.61. The summed E-state index contributed by atoms with van der Waals surface area (Å²) in [4.78, 5) is 12.2. The fourth-order valence-electron chi connectivity index (χ4n) is 2.93. The molecule has 1 heterocycles. The Morgan fingerprint density at radius 3 is 2.52 bits per heavy atom. The van der Waals surface area contributed by atoms with Crippen molar-refractivity contribution in [2.75, 3.05) is 6.61 Å². The molecule has 1 aromatic heterocycles. The fraction of sp³-hybridized carbons (Fsp3) is 0.286. The molecule has 0 radical (unpaired) electrons. The summed E-state index contributed by atoms with van der Waals surface area (Å²) in [5.41, 5.74) is 0.810. The van der Waals surface area contributed by atoms with Crippen molar-refractivity contribution in [2.24, 2.45) is 0 Å². The lowest BCUT2D eigenvalue weighted by molar-refractivity contribution is -0.275. The van der Waals surface area contributed by atoms with E-state index < -0.39 is 30.7 Å². The van der Waals surface area contributed by atoms with Crippen LogP contribution in [0.5, 0.6) is 5.75 Å². The number of nitrogens with zero attached hydrogens (tertiary/aromatic N) is 2. The van der Waals surface area contributed by atoms with Crippen LogP contribution in [0.1, 0.15) is 30.3 Å². The number of carbonyl (C=O) groups excluding carboxylic acids is 1. The van der Waals surface area contributed by atoms with E-state index in [-0.39, 0.29) is 12.0 Å². The van der Waals surface area contributed by atoms with E-state index in [2.05, 4.69) is 20.3 Å². The number of rotatable bonds is 9. The maximum atomic E-state index is 12.6. The molecule has 0 fully saturated rings. The van der Waals surface area contributed by atoms with Gasteiger partial charge in [0.1, 0.15) is 5.75 Å². The number of para-hydroxylation sites is 1. The van der Waals surface area contributed by atoms with Gasteiger partial charge in [-0.15, -0.1) is 23.4 Å². The Hall–Kier alpha value is -3.40. The number of carbonyl (C=O) groups is 1. The van der Waals surface area contributed by atoms with Crippen LogP contribution in [0, 0.1) is 0 Å². The molecule has 2 N–H and O–H groups in total. The molecule has 1 atom stereocenters. The minimum absolute atomic E-state index is 0.0279. The summed E-state index contributed by atoms with van der Waals surface area (Å²) in [5.74, 6) is -0.173.